The number of hydrogen-bond acceptors (Lipinski definition) is 3. The van der Waals surface area contributed by atoms with Crippen LogP contribution in [-0.2, 0) is 9.47 Å². The minimum absolute atomic E-state index is 0. The van der Waals surface area contributed by atoms with Gasteiger partial charge in [0.2, 0.25) is 0 Å². The summed E-state index contributed by atoms with van der Waals surface area (Å²) < 4.78 is 10.5. The topological polar surface area (TPSA) is 44.5 Å². The molecule has 0 aromatic carbocycles. The molecule has 0 radical (unpaired) electrons. The van der Waals surface area contributed by atoms with Crippen molar-refractivity contribution in [1.82, 2.24) is 0 Å². The van der Waals surface area contributed by atoms with Crippen molar-refractivity contribution < 1.29 is 9.47 Å². The lowest BCUT2D eigenvalue weighted by molar-refractivity contribution is -0.154. The summed E-state index contributed by atoms with van der Waals surface area (Å²) in [4.78, 5) is 0. The fourth-order valence-electron chi connectivity index (χ4n) is 0.793. The molecule has 1 aliphatic heterocycles. The lowest BCUT2D eigenvalue weighted by atomic mass is 10.2. The molecule has 1 unspecified atom stereocenters. The number of halogens is 1. The van der Waals surface area contributed by atoms with Gasteiger partial charge in [-0.2, -0.15) is 0 Å². The van der Waals surface area contributed by atoms with E-state index >= 15 is 0 Å². The van der Waals surface area contributed by atoms with Gasteiger partial charge >= 0.3 is 0 Å². The zero-order valence-corrected chi connectivity index (χ0v) is 7.11. The molecule has 1 saturated heterocycles. The first-order valence-corrected chi connectivity index (χ1v) is 3.18. The first kappa shape index (κ1) is 10.2. The van der Waals surface area contributed by atoms with Gasteiger partial charge in [0.1, 0.15) is 0 Å². The van der Waals surface area contributed by atoms with Gasteiger partial charge in [-0.3, -0.25) is 0 Å². The first-order valence-electron chi connectivity index (χ1n) is 3.18. The number of rotatable bonds is 1. The Balaban J connectivity index is 0.000000810. The third-order valence-corrected chi connectivity index (χ3v) is 1.69. The van der Waals surface area contributed by atoms with Crippen LogP contribution in [0.4, 0.5) is 0 Å². The summed E-state index contributed by atoms with van der Waals surface area (Å²) in [5.74, 6) is -0.528. The molecule has 1 heterocycles. The van der Waals surface area contributed by atoms with Crippen molar-refractivity contribution >= 4 is 12.4 Å². The van der Waals surface area contributed by atoms with Gasteiger partial charge in [-0.05, 0) is 13.8 Å². The van der Waals surface area contributed by atoms with E-state index in [-0.39, 0.29) is 18.4 Å². The summed E-state index contributed by atoms with van der Waals surface area (Å²) in [6.07, 6.45) is 0. The minimum Gasteiger partial charge on any atom is -0.346 e. The van der Waals surface area contributed by atoms with Gasteiger partial charge in [0, 0.05) is 0 Å². The molecule has 1 rings (SSSR count). The van der Waals surface area contributed by atoms with Gasteiger partial charge < -0.3 is 15.2 Å². The van der Waals surface area contributed by atoms with E-state index in [1.165, 1.54) is 0 Å². The van der Waals surface area contributed by atoms with Crippen molar-refractivity contribution in [3.05, 3.63) is 0 Å². The van der Waals surface area contributed by atoms with E-state index in [9.17, 15) is 0 Å². The Kier molecular flexibility index (Phi) is 3.59. The van der Waals surface area contributed by atoms with Gasteiger partial charge in [-0.25, -0.2) is 0 Å². The molecule has 0 spiro atoms. The number of hydrogen-bond donors (Lipinski definition) is 1. The molecule has 2 N–H and O–H groups in total. The Bertz CT molecular complexity index is 102. The van der Waals surface area contributed by atoms with Gasteiger partial charge in [-0.15, -0.1) is 12.4 Å². The maximum absolute atomic E-state index is 5.58. The van der Waals surface area contributed by atoms with Crippen LogP contribution in [0.5, 0.6) is 0 Å². The van der Waals surface area contributed by atoms with E-state index < -0.39 is 5.79 Å². The highest BCUT2D eigenvalue weighted by atomic mass is 35.5. The third kappa shape index (κ3) is 1.83. The molecule has 10 heavy (non-hydrogen) atoms. The zero-order chi connectivity index (χ0) is 6.91. The molecule has 1 fully saturated rings. The highest BCUT2D eigenvalue weighted by Crippen LogP contribution is 2.20. The average molecular weight is 168 g/mol. The molecule has 1 atom stereocenters. The Labute approximate surface area is 67.3 Å². The Morgan fingerprint density at radius 2 is 1.80 bits per heavy atom. The molecule has 62 valence electrons. The van der Waals surface area contributed by atoms with Gasteiger partial charge in [0.15, 0.2) is 5.79 Å². The van der Waals surface area contributed by atoms with Crippen LogP contribution in [0.3, 0.4) is 0 Å². The molecule has 4 heteroatoms. The highest BCUT2D eigenvalue weighted by Gasteiger charge is 2.34. The molecule has 0 amide bonds. The van der Waals surface area contributed by atoms with Crippen LogP contribution in [-0.4, -0.2) is 25.0 Å². The van der Waals surface area contributed by atoms with E-state index in [2.05, 4.69) is 0 Å². The summed E-state index contributed by atoms with van der Waals surface area (Å²) in [6.45, 7) is 5.08. The van der Waals surface area contributed by atoms with Crippen LogP contribution >= 0.6 is 12.4 Å². The third-order valence-electron chi connectivity index (χ3n) is 1.69. The second-order valence-electron chi connectivity index (χ2n) is 2.50. The number of ether oxygens (including phenoxy) is 2. The Morgan fingerprint density at radius 1 is 1.40 bits per heavy atom. The smallest absolute Gasteiger partial charge is 0.180 e. The van der Waals surface area contributed by atoms with Crippen LogP contribution in [0.2, 0.25) is 0 Å². The van der Waals surface area contributed by atoms with Crippen molar-refractivity contribution in [1.29, 1.82) is 0 Å². The average Bonchev–Trinajstić information content (AvgIpc) is 2.16. The predicted octanol–water partition coefficient (Wildman–Crippen LogP) is 0.518. The van der Waals surface area contributed by atoms with E-state index in [1.54, 1.807) is 0 Å². The molecule has 0 aliphatic carbocycles. The first-order chi connectivity index (χ1) is 4.15. The molecular formula is C6H14ClNO2. The maximum Gasteiger partial charge on any atom is 0.180 e. The van der Waals surface area contributed by atoms with Crippen LogP contribution < -0.4 is 5.73 Å². The summed E-state index contributed by atoms with van der Waals surface area (Å²) in [5.41, 5.74) is 5.58. The zero-order valence-electron chi connectivity index (χ0n) is 6.29. The quantitative estimate of drug-likeness (QED) is 0.620. The van der Waals surface area contributed by atoms with Crippen LogP contribution in [0, 0.1) is 0 Å². The molecule has 3 nitrogen and oxygen atoms in total. The lowest BCUT2D eigenvalue weighted by Gasteiger charge is -2.25. The van der Waals surface area contributed by atoms with Gasteiger partial charge in [0.05, 0.1) is 19.3 Å². The SMILES string of the molecule is CC(N)C1(C)OCCO1.Cl. The van der Waals surface area contributed by atoms with Crippen molar-refractivity contribution in [3.8, 4) is 0 Å². The largest absolute Gasteiger partial charge is 0.346 e. The van der Waals surface area contributed by atoms with E-state index in [0.717, 1.165) is 0 Å². The van der Waals surface area contributed by atoms with Crippen molar-refractivity contribution in [2.45, 2.75) is 25.7 Å². The van der Waals surface area contributed by atoms with Gasteiger partial charge in [-0.1, -0.05) is 0 Å². The maximum atomic E-state index is 5.58. The fourth-order valence-corrected chi connectivity index (χ4v) is 0.793. The molecule has 0 aromatic heterocycles. The van der Waals surface area contributed by atoms with Crippen molar-refractivity contribution in [3.63, 3.8) is 0 Å². The summed E-state index contributed by atoms with van der Waals surface area (Å²) in [6, 6.07) is -0.0556. The number of nitrogens with two attached hydrogens (primary N) is 1. The van der Waals surface area contributed by atoms with Crippen LogP contribution in [0.25, 0.3) is 0 Å². The molecular weight excluding hydrogens is 154 g/mol. The lowest BCUT2D eigenvalue weighted by Crippen LogP contribution is -2.44. The normalized spacial score (nSPS) is 25.5. The van der Waals surface area contributed by atoms with E-state index in [1.807, 2.05) is 13.8 Å². The van der Waals surface area contributed by atoms with Crippen LogP contribution in [0.15, 0.2) is 0 Å². The monoisotopic (exact) mass is 167 g/mol. The summed E-state index contributed by atoms with van der Waals surface area (Å²) >= 11 is 0. The van der Waals surface area contributed by atoms with E-state index in [4.69, 9.17) is 15.2 Å². The molecule has 0 saturated carbocycles. The standard InChI is InChI=1S/C6H13NO2.ClH/c1-5(7)6(2)8-3-4-9-6;/h5H,3-4,7H2,1-2H3;1H. The van der Waals surface area contributed by atoms with Gasteiger partial charge in [0.25, 0.3) is 0 Å². The van der Waals surface area contributed by atoms with E-state index in [0.29, 0.717) is 13.2 Å². The second-order valence-corrected chi connectivity index (χ2v) is 2.50. The molecule has 1 aliphatic rings. The molecule has 0 bridgehead atoms. The fraction of sp³-hybridized carbons (Fsp3) is 1.00. The summed E-state index contributed by atoms with van der Waals surface area (Å²) in [5, 5.41) is 0. The Morgan fingerprint density at radius 3 is 2.00 bits per heavy atom. The molecule has 0 aromatic rings. The van der Waals surface area contributed by atoms with Crippen molar-refractivity contribution in [2.24, 2.45) is 5.73 Å². The Hall–Kier alpha value is 0.170. The van der Waals surface area contributed by atoms with Crippen molar-refractivity contribution in [2.75, 3.05) is 13.2 Å². The minimum atomic E-state index is -0.528. The second kappa shape index (κ2) is 3.53. The summed E-state index contributed by atoms with van der Waals surface area (Å²) in [7, 11) is 0. The van der Waals surface area contributed by atoms with Crippen LogP contribution in [0.1, 0.15) is 13.8 Å². The highest BCUT2D eigenvalue weighted by molar-refractivity contribution is 5.85. The predicted molar refractivity (Wildman–Crippen MR) is 41.2 cm³/mol.